The molecule has 3 heteroatoms. The van der Waals surface area contributed by atoms with Crippen molar-refractivity contribution in [2.24, 2.45) is 10.7 Å². The van der Waals surface area contributed by atoms with Crippen molar-refractivity contribution in [3.8, 4) is 0 Å². The Bertz CT molecular complexity index is 102. The molecule has 0 bridgehead atoms. The van der Waals surface area contributed by atoms with Crippen LogP contribution >= 0.6 is 22.6 Å². The van der Waals surface area contributed by atoms with Gasteiger partial charge in [0.15, 0.2) is 0 Å². The molecule has 2 N–H and O–H groups in total. The summed E-state index contributed by atoms with van der Waals surface area (Å²) >= 11 is 2.07. The lowest BCUT2D eigenvalue weighted by molar-refractivity contribution is 1.27. The number of rotatable bonds is 1. The van der Waals surface area contributed by atoms with Crippen LogP contribution in [-0.4, -0.2) is 3.72 Å². The van der Waals surface area contributed by atoms with Crippen molar-refractivity contribution in [2.75, 3.05) is 0 Å². The summed E-state index contributed by atoms with van der Waals surface area (Å²) in [7, 11) is 0. The molecule has 0 aliphatic carbocycles. The lowest BCUT2D eigenvalue weighted by atomic mass is 10.8. The first-order valence-electron chi connectivity index (χ1n) is 1.78. The molecular formula is C4H7IN2. The number of hydrogen-bond acceptors (Lipinski definition) is 2. The minimum Gasteiger partial charge on any atom is -0.384 e. The molecule has 40 valence electrons. The first kappa shape index (κ1) is 6.94. The third-order valence-electron chi connectivity index (χ3n) is 0.298. The molecule has 0 heterocycles. The maximum absolute atomic E-state index is 5.11. The molecule has 7 heavy (non-hydrogen) atoms. The van der Waals surface area contributed by atoms with E-state index >= 15 is 0 Å². The average Bonchev–Trinajstić information content (AvgIpc) is 1.27. The van der Waals surface area contributed by atoms with Gasteiger partial charge in [-0.15, -0.1) is 0 Å². The molecule has 0 spiro atoms. The van der Waals surface area contributed by atoms with E-state index < -0.39 is 0 Å². The molecule has 0 saturated carbocycles. The highest BCUT2D eigenvalue weighted by atomic mass is 127. The van der Waals surface area contributed by atoms with Crippen molar-refractivity contribution in [3.63, 3.8) is 0 Å². The van der Waals surface area contributed by atoms with E-state index in [1.165, 1.54) is 0 Å². The molecule has 0 aromatic heterocycles. The van der Waals surface area contributed by atoms with E-state index in [0.29, 0.717) is 5.82 Å². The van der Waals surface area contributed by atoms with Crippen LogP contribution in [0.3, 0.4) is 0 Å². The van der Waals surface area contributed by atoms with Crippen molar-refractivity contribution >= 4 is 26.3 Å². The molecule has 0 aromatic carbocycles. The second kappa shape index (κ2) is 3.01. The van der Waals surface area contributed by atoms with Crippen molar-refractivity contribution in [2.45, 2.75) is 6.92 Å². The van der Waals surface area contributed by atoms with Gasteiger partial charge in [0.1, 0.15) is 5.82 Å². The third kappa shape index (κ3) is 5.94. The highest BCUT2D eigenvalue weighted by molar-refractivity contribution is 14.1. The quantitative estimate of drug-likeness (QED) is 0.513. The summed E-state index contributed by atoms with van der Waals surface area (Å²) in [4.78, 5) is 3.76. The van der Waals surface area contributed by atoms with Crippen LogP contribution in [0.2, 0.25) is 0 Å². The minimum atomic E-state index is 0.368. The van der Waals surface area contributed by atoms with Crippen LogP contribution in [0.4, 0.5) is 0 Å². The molecule has 0 aliphatic rings. The highest BCUT2D eigenvalue weighted by Gasteiger charge is 1.77. The van der Waals surface area contributed by atoms with E-state index in [2.05, 4.69) is 34.2 Å². The van der Waals surface area contributed by atoms with Crippen LogP contribution < -0.4 is 5.73 Å². The first-order chi connectivity index (χ1) is 3.13. The summed E-state index contributed by atoms with van der Waals surface area (Å²) in [5.41, 5.74) is 5.11. The van der Waals surface area contributed by atoms with Crippen molar-refractivity contribution in [1.29, 1.82) is 0 Å². The largest absolute Gasteiger partial charge is 0.384 e. The van der Waals surface area contributed by atoms with Crippen LogP contribution in [0.5, 0.6) is 0 Å². The summed E-state index contributed by atoms with van der Waals surface area (Å²) in [5, 5.41) is 0. The monoisotopic (exact) mass is 210 g/mol. The number of nitrogens with two attached hydrogens (primary N) is 1. The Morgan fingerprint density at radius 2 is 2.29 bits per heavy atom. The van der Waals surface area contributed by atoms with Crippen molar-refractivity contribution in [3.05, 3.63) is 12.4 Å². The predicted molar refractivity (Wildman–Crippen MR) is 40.5 cm³/mol. The maximum atomic E-state index is 5.11. The molecule has 0 aromatic rings. The smallest absolute Gasteiger partial charge is 0.116 e. The molecular weight excluding hydrogens is 203 g/mol. The minimum absolute atomic E-state index is 0.368. The topological polar surface area (TPSA) is 38.4 Å². The predicted octanol–water partition coefficient (Wildman–Crippen LogP) is 1.27. The second-order valence-electron chi connectivity index (χ2n) is 1.10. The van der Waals surface area contributed by atoms with Gasteiger partial charge < -0.3 is 5.73 Å². The lowest BCUT2D eigenvalue weighted by Crippen LogP contribution is -1.90. The van der Waals surface area contributed by atoms with Gasteiger partial charge in [-0.25, -0.2) is 4.99 Å². The number of aliphatic imine (C=N–C) groups is 1. The molecule has 0 aliphatic heterocycles. The van der Waals surface area contributed by atoms with E-state index in [1.54, 1.807) is 0 Å². The molecule has 0 fully saturated rings. The molecule has 0 rings (SSSR count). The molecule has 2 nitrogen and oxygen atoms in total. The average molecular weight is 210 g/mol. The fourth-order valence-electron chi connectivity index (χ4n) is 0.198. The summed E-state index contributed by atoms with van der Waals surface area (Å²) in [6.45, 7) is 5.24. The Kier molecular flexibility index (Phi) is 2.98. The van der Waals surface area contributed by atoms with Gasteiger partial charge in [0.2, 0.25) is 0 Å². The zero-order valence-electron chi connectivity index (χ0n) is 4.11. The lowest BCUT2D eigenvalue weighted by Gasteiger charge is -1.84. The van der Waals surface area contributed by atoms with E-state index in [0.717, 1.165) is 3.72 Å². The van der Waals surface area contributed by atoms with Gasteiger partial charge in [-0.1, -0.05) is 6.58 Å². The Balaban J connectivity index is 3.68. The molecule has 0 radical (unpaired) electrons. The van der Waals surface area contributed by atoms with E-state index in [9.17, 15) is 0 Å². The second-order valence-corrected chi connectivity index (χ2v) is 2.66. The van der Waals surface area contributed by atoms with Gasteiger partial charge in [0.25, 0.3) is 0 Å². The van der Waals surface area contributed by atoms with Crippen molar-refractivity contribution < 1.29 is 0 Å². The van der Waals surface area contributed by atoms with E-state index in [1.807, 2.05) is 6.92 Å². The Morgan fingerprint density at radius 1 is 1.86 bits per heavy atom. The fourth-order valence-corrected chi connectivity index (χ4v) is 0.508. The Hall–Kier alpha value is -0.0600. The molecule has 0 saturated heterocycles. The van der Waals surface area contributed by atoms with Gasteiger partial charge in [-0.3, -0.25) is 0 Å². The zero-order valence-corrected chi connectivity index (χ0v) is 6.27. The van der Waals surface area contributed by atoms with Crippen LogP contribution in [0.25, 0.3) is 0 Å². The summed E-state index contributed by atoms with van der Waals surface area (Å²) in [5.74, 6) is 0.368. The molecule has 0 unspecified atom stereocenters. The number of nitrogens with zero attached hydrogens (tertiary/aromatic N) is 1. The standard InChI is InChI=1S/C4H7IN2/c1-3(5)7-4(2)6/h2,6H2,1H3/b7-3+. The van der Waals surface area contributed by atoms with Gasteiger partial charge in [0, 0.05) is 0 Å². The van der Waals surface area contributed by atoms with Gasteiger partial charge in [0.05, 0.1) is 3.72 Å². The number of halogens is 1. The summed E-state index contributed by atoms with van der Waals surface area (Å²) in [6.07, 6.45) is 0. The first-order valence-corrected chi connectivity index (χ1v) is 2.86. The third-order valence-corrected chi connectivity index (χ3v) is 0.539. The van der Waals surface area contributed by atoms with Crippen LogP contribution in [0.15, 0.2) is 17.4 Å². The zero-order chi connectivity index (χ0) is 5.86. The maximum Gasteiger partial charge on any atom is 0.116 e. The van der Waals surface area contributed by atoms with Crippen LogP contribution in [0.1, 0.15) is 6.92 Å². The van der Waals surface area contributed by atoms with E-state index in [4.69, 9.17) is 5.73 Å². The van der Waals surface area contributed by atoms with E-state index in [-0.39, 0.29) is 0 Å². The molecule has 0 atom stereocenters. The van der Waals surface area contributed by atoms with Gasteiger partial charge in [-0.2, -0.15) is 0 Å². The van der Waals surface area contributed by atoms with Gasteiger partial charge in [-0.05, 0) is 29.5 Å². The van der Waals surface area contributed by atoms with Gasteiger partial charge >= 0.3 is 0 Å². The SMILES string of the molecule is C=C(N)/N=C(\C)I. The van der Waals surface area contributed by atoms with Crippen molar-refractivity contribution in [1.82, 2.24) is 0 Å². The number of hydrogen-bond donors (Lipinski definition) is 1. The summed E-state index contributed by atoms with van der Waals surface area (Å²) in [6, 6.07) is 0. The normalized spacial score (nSPS) is 11.4. The van der Waals surface area contributed by atoms with Crippen LogP contribution in [0, 0.1) is 0 Å². The Morgan fingerprint density at radius 3 is 2.29 bits per heavy atom. The molecule has 0 amide bonds. The van der Waals surface area contributed by atoms with Crippen LogP contribution in [-0.2, 0) is 0 Å². The summed E-state index contributed by atoms with van der Waals surface area (Å²) < 4.78 is 0.908. The Labute approximate surface area is 56.6 Å². The highest BCUT2D eigenvalue weighted by Crippen LogP contribution is 1.90. The fraction of sp³-hybridized carbons (Fsp3) is 0.250.